The molecule has 0 aliphatic carbocycles. The fraction of sp³-hybridized carbons (Fsp3) is 0.133. The molecular formula is C30H24O4. The fourth-order valence-corrected chi connectivity index (χ4v) is 4.86. The third kappa shape index (κ3) is 3.57. The van der Waals surface area contributed by atoms with Crippen LogP contribution in [0.1, 0.15) is 5.56 Å². The summed E-state index contributed by atoms with van der Waals surface area (Å²) in [6.07, 6.45) is 3.13. The number of carbonyl (C=O) groups is 2. The maximum Gasteiger partial charge on any atom is 0.320 e. The third-order valence-electron chi connectivity index (χ3n) is 6.28. The van der Waals surface area contributed by atoms with Crippen LogP contribution in [0.3, 0.4) is 0 Å². The van der Waals surface area contributed by atoms with Crippen molar-refractivity contribution >= 4 is 55.0 Å². The second-order valence-electron chi connectivity index (χ2n) is 8.31. The van der Waals surface area contributed by atoms with E-state index in [1.165, 1.54) is 22.9 Å². The molecule has 0 amide bonds. The van der Waals surface area contributed by atoms with E-state index in [9.17, 15) is 9.59 Å². The van der Waals surface area contributed by atoms with Gasteiger partial charge in [0.15, 0.2) is 5.92 Å². The summed E-state index contributed by atoms with van der Waals surface area (Å²) in [5.74, 6) is -2.33. The Morgan fingerprint density at radius 2 is 1.21 bits per heavy atom. The van der Waals surface area contributed by atoms with E-state index in [0.29, 0.717) is 0 Å². The van der Waals surface area contributed by atoms with Crippen molar-refractivity contribution in [1.82, 2.24) is 0 Å². The Kier molecular flexibility index (Phi) is 5.72. The van der Waals surface area contributed by atoms with Gasteiger partial charge in [0.2, 0.25) is 0 Å². The van der Waals surface area contributed by atoms with Crippen LogP contribution in [0.5, 0.6) is 0 Å². The van der Waals surface area contributed by atoms with Crippen LogP contribution < -0.4 is 0 Å². The summed E-state index contributed by atoms with van der Waals surface area (Å²) in [4.78, 5) is 25.7. The van der Waals surface area contributed by atoms with Crippen LogP contribution in [0.2, 0.25) is 0 Å². The van der Waals surface area contributed by atoms with E-state index in [1.54, 1.807) is 0 Å². The van der Waals surface area contributed by atoms with Crippen molar-refractivity contribution in [1.29, 1.82) is 0 Å². The Hall–Kier alpha value is -4.18. The van der Waals surface area contributed by atoms with Crippen molar-refractivity contribution in [2.75, 3.05) is 13.2 Å². The Balaban J connectivity index is 1.75. The molecule has 168 valence electrons. The van der Waals surface area contributed by atoms with Crippen molar-refractivity contribution in [2.45, 2.75) is 6.42 Å². The average molecular weight is 449 g/mol. The monoisotopic (exact) mass is 448 g/mol. The minimum Gasteiger partial charge on any atom is -0.461 e. The zero-order valence-corrected chi connectivity index (χ0v) is 18.8. The van der Waals surface area contributed by atoms with Gasteiger partial charge in [-0.3, -0.25) is 9.59 Å². The number of esters is 2. The quantitative estimate of drug-likeness (QED) is 0.0912. The molecular weight excluding hydrogens is 424 g/mol. The van der Waals surface area contributed by atoms with Crippen LogP contribution >= 0.6 is 0 Å². The second kappa shape index (κ2) is 8.99. The Labute approximate surface area is 197 Å². The molecule has 0 aliphatic rings. The molecule has 5 aromatic carbocycles. The van der Waals surface area contributed by atoms with E-state index >= 15 is 0 Å². The van der Waals surface area contributed by atoms with Crippen molar-refractivity contribution in [3.05, 3.63) is 97.6 Å². The van der Waals surface area contributed by atoms with E-state index in [1.807, 2.05) is 18.2 Å². The average Bonchev–Trinajstić information content (AvgIpc) is 2.87. The highest BCUT2D eigenvalue weighted by molar-refractivity contribution is 6.33. The zero-order valence-electron chi connectivity index (χ0n) is 18.8. The first-order chi connectivity index (χ1) is 16.6. The normalized spacial score (nSPS) is 11.4. The van der Waals surface area contributed by atoms with Crippen molar-refractivity contribution in [3.8, 4) is 0 Å². The maximum atomic E-state index is 12.8. The van der Waals surface area contributed by atoms with E-state index < -0.39 is 17.9 Å². The molecule has 0 N–H and O–H groups in total. The molecule has 0 heterocycles. The number of hydrogen-bond acceptors (Lipinski definition) is 4. The SMILES string of the molecule is C=CCOC(=O)C(Cc1ccc2cccc3c4cccc5cccc(c1c23)c54)C(=O)OCC=C. The molecule has 0 spiro atoms. The number of rotatable bonds is 8. The topological polar surface area (TPSA) is 52.6 Å². The predicted molar refractivity (Wildman–Crippen MR) is 137 cm³/mol. The van der Waals surface area contributed by atoms with Gasteiger partial charge < -0.3 is 9.47 Å². The van der Waals surface area contributed by atoms with E-state index in [4.69, 9.17) is 9.47 Å². The molecule has 0 saturated heterocycles. The highest BCUT2D eigenvalue weighted by Crippen LogP contribution is 2.42. The second-order valence-corrected chi connectivity index (χ2v) is 8.31. The third-order valence-corrected chi connectivity index (χ3v) is 6.28. The van der Waals surface area contributed by atoms with Gasteiger partial charge in [0.05, 0.1) is 0 Å². The van der Waals surface area contributed by atoms with Gasteiger partial charge in [-0.15, -0.1) is 0 Å². The first kappa shape index (κ1) is 21.7. The van der Waals surface area contributed by atoms with Gasteiger partial charge in [-0.1, -0.05) is 92.0 Å². The highest BCUT2D eigenvalue weighted by atomic mass is 16.6. The van der Waals surface area contributed by atoms with Gasteiger partial charge in [0.1, 0.15) is 13.2 Å². The first-order valence-electron chi connectivity index (χ1n) is 11.3. The van der Waals surface area contributed by atoms with Gasteiger partial charge in [-0.2, -0.15) is 0 Å². The van der Waals surface area contributed by atoms with Gasteiger partial charge in [-0.25, -0.2) is 0 Å². The van der Waals surface area contributed by atoms with Crippen LogP contribution in [-0.4, -0.2) is 25.2 Å². The standard InChI is InChI=1S/C30H24O4/c1-3-16-33-29(31)25(30(32)34-17-4-2)18-21-15-14-20-10-6-12-23-22-11-5-8-19-9-7-13-24(26(19)22)28(21)27(20)23/h3-15,25H,1-2,16-18H2. The van der Waals surface area contributed by atoms with Crippen LogP contribution in [0.15, 0.2) is 92.0 Å². The minimum atomic E-state index is -1.09. The fourth-order valence-electron chi connectivity index (χ4n) is 4.86. The van der Waals surface area contributed by atoms with Crippen LogP contribution in [0, 0.1) is 5.92 Å². The number of fused-ring (bicyclic) bond motifs is 2. The highest BCUT2D eigenvalue weighted by Gasteiger charge is 2.31. The predicted octanol–water partition coefficient (Wildman–Crippen LogP) is 6.35. The smallest absolute Gasteiger partial charge is 0.320 e. The van der Waals surface area contributed by atoms with Gasteiger partial charge in [-0.05, 0) is 55.1 Å². The maximum absolute atomic E-state index is 12.8. The summed E-state index contributed by atoms with van der Waals surface area (Å²) >= 11 is 0. The van der Waals surface area contributed by atoms with Crippen LogP contribution in [-0.2, 0) is 25.5 Å². The molecule has 34 heavy (non-hydrogen) atoms. The molecule has 0 atom stereocenters. The summed E-state index contributed by atoms with van der Waals surface area (Å²) in [5.41, 5.74) is 0.901. The summed E-state index contributed by atoms with van der Waals surface area (Å²) < 4.78 is 10.5. The molecule has 0 radical (unpaired) electrons. The number of benzene rings is 5. The molecule has 5 rings (SSSR count). The summed E-state index contributed by atoms with van der Waals surface area (Å²) in [6.45, 7) is 7.24. The molecule has 4 nitrogen and oxygen atoms in total. The number of hydrogen-bond donors (Lipinski definition) is 0. The summed E-state index contributed by atoms with van der Waals surface area (Å²) in [7, 11) is 0. The Morgan fingerprint density at radius 1 is 0.676 bits per heavy atom. The molecule has 0 unspecified atom stereocenters. The van der Waals surface area contributed by atoms with E-state index in [0.717, 1.165) is 37.9 Å². The number of carbonyl (C=O) groups excluding carboxylic acids is 2. The number of ether oxygens (including phenoxy) is 2. The van der Waals surface area contributed by atoms with E-state index in [-0.39, 0.29) is 19.6 Å². The lowest BCUT2D eigenvalue weighted by molar-refractivity contribution is -0.160. The van der Waals surface area contributed by atoms with Crippen molar-refractivity contribution < 1.29 is 19.1 Å². The Morgan fingerprint density at radius 3 is 1.79 bits per heavy atom. The molecule has 0 saturated carbocycles. The van der Waals surface area contributed by atoms with Crippen LogP contribution in [0.4, 0.5) is 0 Å². The lowest BCUT2D eigenvalue weighted by atomic mass is 9.85. The van der Waals surface area contributed by atoms with Gasteiger partial charge >= 0.3 is 11.9 Å². The van der Waals surface area contributed by atoms with Gasteiger partial charge in [0, 0.05) is 0 Å². The molecule has 0 aromatic heterocycles. The first-order valence-corrected chi connectivity index (χ1v) is 11.3. The lowest BCUT2D eigenvalue weighted by Crippen LogP contribution is -2.30. The van der Waals surface area contributed by atoms with Crippen LogP contribution in [0.25, 0.3) is 43.1 Å². The zero-order chi connectivity index (χ0) is 23.7. The Bertz CT molecular complexity index is 1530. The van der Waals surface area contributed by atoms with Crippen molar-refractivity contribution in [2.24, 2.45) is 5.92 Å². The molecule has 0 fully saturated rings. The van der Waals surface area contributed by atoms with Gasteiger partial charge in [0.25, 0.3) is 0 Å². The summed E-state index contributed by atoms with van der Waals surface area (Å²) in [5, 5.41) is 9.07. The summed E-state index contributed by atoms with van der Waals surface area (Å²) in [6, 6.07) is 23.0. The van der Waals surface area contributed by atoms with E-state index in [2.05, 4.69) is 61.7 Å². The van der Waals surface area contributed by atoms with Crippen molar-refractivity contribution in [3.63, 3.8) is 0 Å². The lowest BCUT2D eigenvalue weighted by Gasteiger charge is -2.19. The molecule has 0 aliphatic heterocycles. The largest absolute Gasteiger partial charge is 0.461 e. The molecule has 0 bridgehead atoms. The molecule has 5 aromatic rings. The minimum absolute atomic E-state index is 0.0332. The molecule has 4 heteroatoms.